The van der Waals surface area contributed by atoms with Gasteiger partial charge in [0.2, 0.25) is 0 Å². The highest BCUT2D eigenvalue weighted by molar-refractivity contribution is 6.31. The van der Waals surface area contributed by atoms with Crippen LogP contribution in [0.2, 0.25) is 5.02 Å². The quantitative estimate of drug-likeness (QED) is 0.679. The van der Waals surface area contributed by atoms with Crippen molar-refractivity contribution < 1.29 is 4.79 Å². The van der Waals surface area contributed by atoms with Crippen LogP contribution in [0.3, 0.4) is 0 Å². The Morgan fingerprint density at radius 1 is 1.44 bits per heavy atom. The maximum absolute atomic E-state index is 11.1. The van der Waals surface area contributed by atoms with Crippen molar-refractivity contribution in [2.75, 3.05) is 18.4 Å². The molecule has 0 aliphatic carbocycles. The van der Waals surface area contributed by atoms with Crippen molar-refractivity contribution >= 4 is 23.2 Å². The van der Waals surface area contributed by atoms with Crippen LogP contribution < -0.4 is 16.8 Å². The molecule has 0 saturated carbocycles. The maximum atomic E-state index is 11.1. The van der Waals surface area contributed by atoms with Gasteiger partial charge in [0.1, 0.15) is 0 Å². The fourth-order valence-corrected chi connectivity index (χ4v) is 1.40. The van der Waals surface area contributed by atoms with Crippen LogP contribution in [-0.2, 0) is 0 Å². The number of nitrogens with one attached hydrogen (secondary N) is 1. The monoisotopic (exact) mass is 239 g/mol. The molecule has 5 heteroatoms. The normalized spacial score (nSPS) is 10.6. The minimum atomic E-state index is -0.484. The van der Waals surface area contributed by atoms with Gasteiger partial charge in [0.25, 0.3) is 5.91 Å². The number of benzene rings is 1. The summed E-state index contributed by atoms with van der Waals surface area (Å²) < 4.78 is 0. The predicted molar refractivity (Wildman–Crippen MR) is 66.7 cm³/mol. The summed E-state index contributed by atoms with van der Waals surface area (Å²) in [7, 11) is 0. The highest BCUT2D eigenvalue weighted by atomic mass is 35.5. The van der Waals surface area contributed by atoms with E-state index < -0.39 is 5.91 Å². The standard InChI is InChI=1S/C11H14ClN3O/c12-8-3-4-9(11(14)16)10(7-8)15-6-2-1-5-13/h1-4,7,15H,5-6,13H2,(H2,14,16)/b2-1+. The molecule has 86 valence electrons. The Balaban J connectivity index is 2.80. The minimum absolute atomic E-state index is 0.422. The molecule has 1 aromatic rings. The minimum Gasteiger partial charge on any atom is -0.381 e. The van der Waals surface area contributed by atoms with Crippen molar-refractivity contribution in [3.63, 3.8) is 0 Å². The summed E-state index contributed by atoms with van der Waals surface area (Å²) in [6.45, 7) is 1.05. The Kier molecular flexibility index (Phi) is 4.82. The Morgan fingerprint density at radius 2 is 2.19 bits per heavy atom. The van der Waals surface area contributed by atoms with Crippen LogP contribution in [0.1, 0.15) is 10.4 Å². The molecule has 1 rings (SSSR count). The molecule has 0 aliphatic rings. The molecule has 0 saturated heterocycles. The number of nitrogens with two attached hydrogens (primary N) is 2. The van der Waals surface area contributed by atoms with E-state index in [0.29, 0.717) is 29.4 Å². The number of carbonyl (C=O) groups is 1. The van der Waals surface area contributed by atoms with Gasteiger partial charge in [0.15, 0.2) is 0 Å². The van der Waals surface area contributed by atoms with Gasteiger partial charge in [-0.1, -0.05) is 23.8 Å². The van der Waals surface area contributed by atoms with Gasteiger partial charge in [-0.25, -0.2) is 0 Å². The van der Waals surface area contributed by atoms with Crippen molar-refractivity contribution in [2.24, 2.45) is 11.5 Å². The number of amides is 1. The molecule has 5 N–H and O–H groups in total. The summed E-state index contributed by atoms with van der Waals surface area (Å²) in [5, 5.41) is 3.59. The first-order valence-corrected chi connectivity index (χ1v) is 5.21. The smallest absolute Gasteiger partial charge is 0.250 e. The molecule has 16 heavy (non-hydrogen) atoms. The lowest BCUT2D eigenvalue weighted by Crippen LogP contribution is -2.14. The molecule has 0 spiro atoms. The van der Waals surface area contributed by atoms with Crippen LogP contribution in [-0.4, -0.2) is 19.0 Å². The van der Waals surface area contributed by atoms with E-state index in [1.54, 1.807) is 18.2 Å². The number of rotatable bonds is 5. The van der Waals surface area contributed by atoms with E-state index in [1.807, 2.05) is 12.2 Å². The Morgan fingerprint density at radius 3 is 2.81 bits per heavy atom. The van der Waals surface area contributed by atoms with Gasteiger partial charge >= 0.3 is 0 Å². The topological polar surface area (TPSA) is 81.1 Å². The zero-order valence-corrected chi connectivity index (χ0v) is 9.50. The summed E-state index contributed by atoms with van der Waals surface area (Å²) in [5.41, 5.74) is 11.6. The van der Waals surface area contributed by atoms with Crippen LogP contribution in [0.15, 0.2) is 30.4 Å². The summed E-state index contributed by atoms with van der Waals surface area (Å²) in [6, 6.07) is 4.89. The molecule has 0 aliphatic heterocycles. The van der Waals surface area contributed by atoms with Crippen molar-refractivity contribution in [1.29, 1.82) is 0 Å². The Bertz CT molecular complexity index is 404. The van der Waals surface area contributed by atoms with Gasteiger partial charge < -0.3 is 16.8 Å². The van der Waals surface area contributed by atoms with Crippen LogP contribution in [0.5, 0.6) is 0 Å². The van der Waals surface area contributed by atoms with Gasteiger partial charge in [-0.05, 0) is 18.2 Å². The van der Waals surface area contributed by atoms with E-state index in [9.17, 15) is 4.79 Å². The average molecular weight is 240 g/mol. The third kappa shape index (κ3) is 3.56. The fraction of sp³-hybridized carbons (Fsp3) is 0.182. The molecule has 1 aromatic carbocycles. The highest BCUT2D eigenvalue weighted by Gasteiger charge is 2.07. The second kappa shape index (κ2) is 6.15. The van der Waals surface area contributed by atoms with Crippen molar-refractivity contribution in [3.05, 3.63) is 40.9 Å². The van der Waals surface area contributed by atoms with E-state index in [1.165, 1.54) is 0 Å². The molecule has 0 atom stereocenters. The SMILES string of the molecule is NC/C=C/CNc1cc(Cl)ccc1C(N)=O. The van der Waals surface area contributed by atoms with Crippen LogP contribution >= 0.6 is 11.6 Å². The molecule has 0 aromatic heterocycles. The first kappa shape index (κ1) is 12.5. The molecule has 0 bridgehead atoms. The predicted octanol–water partition coefficient (Wildman–Crippen LogP) is 1.37. The lowest BCUT2D eigenvalue weighted by atomic mass is 10.1. The second-order valence-corrected chi connectivity index (χ2v) is 3.58. The lowest BCUT2D eigenvalue weighted by molar-refractivity contribution is 0.100. The first-order valence-electron chi connectivity index (χ1n) is 4.83. The average Bonchev–Trinajstić information content (AvgIpc) is 2.24. The molecule has 1 amide bonds. The number of hydrogen-bond acceptors (Lipinski definition) is 3. The van der Waals surface area contributed by atoms with Crippen LogP contribution in [0.25, 0.3) is 0 Å². The summed E-state index contributed by atoms with van der Waals surface area (Å²) in [5.74, 6) is -0.484. The Labute approximate surface area is 99.3 Å². The van der Waals surface area contributed by atoms with Gasteiger partial charge in [0.05, 0.1) is 5.56 Å². The largest absolute Gasteiger partial charge is 0.381 e. The first-order chi connectivity index (χ1) is 7.65. The van der Waals surface area contributed by atoms with E-state index in [4.69, 9.17) is 23.1 Å². The molecular weight excluding hydrogens is 226 g/mol. The molecule has 4 nitrogen and oxygen atoms in total. The van der Waals surface area contributed by atoms with Crippen molar-refractivity contribution in [2.45, 2.75) is 0 Å². The van der Waals surface area contributed by atoms with Crippen molar-refractivity contribution in [1.82, 2.24) is 0 Å². The van der Waals surface area contributed by atoms with E-state index in [0.717, 1.165) is 0 Å². The summed E-state index contributed by atoms with van der Waals surface area (Å²) in [6.07, 6.45) is 3.69. The lowest BCUT2D eigenvalue weighted by Gasteiger charge is -2.08. The van der Waals surface area contributed by atoms with E-state index in [2.05, 4.69) is 5.32 Å². The number of hydrogen-bond donors (Lipinski definition) is 3. The molecule has 0 unspecified atom stereocenters. The summed E-state index contributed by atoms with van der Waals surface area (Å²) in [4.78, 5) is 11.1. The third-order valence-corrected chi connectivity index (χ3v) is 2.20. The number of anilines is 1. The van der Waals surface area contributed by atoms with Gasteiger partial charge in [-0.3, -0.25) is 4.79 Å². The summed E-state index contributed by atoms with van der Waals surface area (Å²) >= 11 is 5.83. The number of halogens is 1. The van der Waals surface area contributed by atoms with Crippen LogP contribution in [0, 0.1) is 0 Å². The molecular formula is C11H14ClN3O. The second-order valence-electron chi connectivity index (χ2n) is 3.14. The van der Waals surface area contributed by atoms with E-state index >= 15 is 0 Å². The zero-order valence-electron chi connectivity index (χ0n) is 8.74. The number of carbonyl (C=O) groups excluding carboxylic acids is 1. The maximum Gasteiger partial charge on any atom is 0.250 e. The Hall–Kier alpha value is -1.52. The number of primary amides is 1. The van der Waals surface area contributed by atoms with E-state index in [-0.39, 0.29) is 0 Å². The molecule has 0 fully saturated rings. The molecule has 0 radical (unpaired) electrons. The zero-order chi connectivity index (χ0) is 12.0. The van der Waals surface area contributed by atoms with Gasteiger partial charge in [0, 0.05) is 23.8 Å². The van der Waals surface area contributed by atoms with Gasteiger partial charge in [-0.2, -0.15) is 0 Å². The molecule has 0 heterocycles. The van der Waals surface area contributed by atoms with Crippen molar-refractivity contribution in [3.8, 4) is 0 Å². The highest BCUT2D eigenvalue weighted by Crippen LogP contribution is 2.20. The van der Waals surface area contributed by atoms with Crippen LogP contribution in [0.4, 0.5) is 5.69 Å². The fourth-order valence-electron chi connectivity index (χ4n) is 1.23. The third-order valence-electron chi connectivity index (χ3n) is 1.96. The van der Waals surface area contributed by atoms with Gasteiger partial charge in [-0.15, -0.1) is 0 Å².